The number of carbonyl (C=O) groups excluding carboxylic acids is 1. The van der Waals surface area contributed by atoms with Crippen LogP contribution >= 0.6 is 0 Å². The lowest BCUT2D eigenvalue weighted by Gasteiger charge is -2.11. The number of pyridine rings is 1. The van der Waals surface area contributed by atoms with Crippen LogP contribution < -0.4 is 10.6 Å². The van der Waals surface area contributed by atoms with Crippen molar-refractivity contribution in [2.45, 2.75) is 0 Å². The fourth-order valence-electron chi connectivity index (χ4n) is 2.80. The summed E-state index contributed by atoms with van der Waals surface area (Å²) in [6.07, 6.45) is 6.05. The number of aryl methyl sites for hydroxylation is 1. The highest BCUT2D eigenvalue weighted by Crippen LogP contribution is 2.28. The number of rotatable bonds is 5. The molecule has 7 heteroatoms. The monoisotopic (exact) mass is 344 g/mol. The minimum absolute atomic E-state index is 0.579. The van der Waals surface area contributed by atoms with Crippen molar-refractivity contribution in [3.63, 3.8) is 0 Å². The van der Waals surface area contributed by atoms with Gasteiger partial charge in [0.05, 0.1) is 5.52 Å². The van der Waals surface area contributed by atoms with Gasteiger partial charge in [0.1, 0.15) is 5.52 Å². The van der Waals surface area contributed by atoms with Crippen molar-refractivity contribution < 1.29 is 4.79 Å². The Morgan fingerprint density at radius 1 is 1.04 bits per heavy atom. The Bertz CT molecular complexity index is 1070. The topological polar surface area (TPSA) is 84.7 Å². The van der Waals surface area contributed by atoms with Crippen LogP contribution in [-0.2, 0) is 11.8 Å². The molecule has 0 saturated carbocycles. The molecular weight excluding hydrogens is 328 g/mol. The standard InChI is InChI=1S/C19H16N6O/c1-25-10-7-16-17(25)19(22-14-5-8-20-9-6-14)24-18(23-16)13-3-2-4-15(11-13)21-12-26/h2-12H,1H3,(H,21,26)(H,20,22,23,24). The normalized spacial score (nSPS) is 10.7. The van der Waals surface area contributed by atoms with Crippen LogP contribution in [0.5, 0.6) is 0 Å². The number of hydrogen-bond acceptors (Lipinski definition) is 5. The average Bonchev–Trinajstić information content (AvgIpc) is 3.04. The van der Waals surface area contributed by atoms with E-state index in [-0.39, 0.29) is 0 Å². The first kappa shape index (κ1) is 15.8. The molecule has 0 spiro atoms. The fourth-order valence-corrected chi connectivity index (χ4v) is 2.80. The largest absolute Gasteiger partial charge is 0.346 e. The summed E-state index contributed by atoms with van der Waals surface area (Å²) in [6, 6.07) is 13.1. The minimum atomic E-state index is 0.579. The van der Waals surface area contributed by atoms with E-state index in [2.05, 4.69) is 20.6 Å². The first-order chi connectivity index (χ1) is 12.7. The van der Waals surface area contributed by atoms with Crippen molar-refractivity contribution in [1.29, 1.82) is 0 Å². The summed E-state index contributed by atoms with van der Waals surface area (Å²) in [6.45, 7) is 0. The van der Waals surface area contributed by atoms with E-state index in [9.17, 15) is 4.79 Å². The van der Waals surface area contributed by atoms with Gasteiger partial charge in [0.15, 0.2) is 11.6 Å². The van der Waals surface area contributed by atoms with E-state index in [0.29, 0.717) is 23.7 Å². The van der Waals surface area contributed by atoms with Gasteiger partial charge in [-0.1, -0.05) is 12.1 Å². The average molecular weight is 344 g/mol. The second-order valence-electron chi connectivity index (χ2n) is 5.76. The molecule has 26 heavy (non-hydrogen) atoms. The molecule has 0 atom stereocenters. The second-order valence-corrected chi connectivity index (χ2v) is 5.76. The van der Waals surface area contributed by atoms with Gasteiger partial charge < -0.3 is 15.2 Å². The first-order valence-electron chi connectivity index (χ1n) is 8.05. The number of nitrogens with one attached hydrogen (secondary N) is 2. The fraction of sp³-hybridized carbons (Fsp3) is 0.0526. The first-order valence-corrected chi connectivity index (χ1v) is 8.05. The van der Waals surface area contributed by atoms with Gasteiger partial charge in [-0.05, 0) is 30.3 Å². The van der Waals surface area contributed by atoms with Crippen molar-refractivity contribution in [3.8, 4) is 11.4 Å². The molecule has 0 aliphatic heterocycles. The summed E-state index contributed by atoms with van der Waals surface area (Å²) in [5.74, 6) is 1.28. The lowest BCUT2D eigenvalue weighted by atomic mass is 10.2. The van der Waals surface area contributed by atoms with Gasteiger partial charge in [0.2, 0.25) is 6.41 Å². The highest BCUT2D eigenvalue weighted by molar-refractivity contribution is 5.90. The van der Waals surface area contributed by atoms with Crippen LogP contribution in [0.1, 0.15) is 0 Å². The van der Waals surface area contributed by atoms with Gasteiger partial charge in [-0.15, -0.1) is 0 Å². The number of amides is 1. The van der Waals surface area contributed by atoms with Crippen LogP contribution in [0, 0.1) is 0 Å². The molecule has 2 N–H and O–H groups in total. The van der Waals surface area contributed by atoms with Gasteiger partial charge in [-0.2, -0.15) is 0 Å². The van der Waals surface area contributed by atoms with Gasteiger partial charge >= 0.3 is 0 Å². The number of anilines is 3. The smallest absolute Gasteiger partial charge is 0.211 e. The maximum absolute atomic E-state index is 10.7. The SMILES string of the molecule is Cn1ccc2nc(-c3cccc(NC=O)c3)nc(Nc3ccncc3)c21. The van der Waals surface area contributed by atoms with Crippen molar-refractivity contribution in [2.75, 3.05) is 10.6 Å². The third kappa shape index (κ3) is 2.98. The summed E-state index contributed by atoms with van der Waals surface area (Å²) >= 11 is 0. The second kappa shape index (κ2) is 6.64. The quantitative estimate of drug-likeness (QED) is 0.542. The third-order valence-electron chi connectivity index (χ3n) is 4.01. The Labute approximate surface area is 149 Å². The molecule has 1 aromatic carbocycles. The Morgan fingerprint density at radius 2 is 1.88 bits per heavy atom. The molecule has 0 fully saturated rings. The molecule has 3 heterocycles. The zero-order chi connectivity index (χ0) is 17.9. The zero-order valence-electron chi connectivity index (χ0n) is 14.0. The molecule has 0 radical (unpaired) electrons. The number of aromatic nitrogens is 4. The minimum Gasteiger partial charge on any atom is -0.346 e. The van der Waals surface area contributed by atoms with Crippen molar-refractivity contribution in [1.82, 2.24) is 19.5 Å². The molecule has 4 aromatic rings. The number of hydrogen-bond donors (Lipinski definition) is 2. The van der Waals surface area contributed by atoms with E-state index in [1.807, 2.05) is 60.3 Å². The van der Waals surface area contributed by atoms with E-state index in [1.165, 1.54) is 0 Å². The highest BCUT2D eigenvalue weighted by atomic mass is 16.1. The molecule has 0 aliphatic rings. The third-order valence-corrected chi connectivity index (χ3v) is 4.01. The van der Waals surface area contributed by atoms with Crippen molar-refractivity contribution in [2.24, 2.45) is 7.05 Å². The van der Waals surface area contributed by atoms with Crippen LogP contribution in [0.2, 0.25) is 0 Å². The highest BCUT2D eigenvalue weighted by Gasteiger charge is 2.13. The van der Waals surface area contributed by atoms with E-state index in [0.717, 1.165) is 22.3 Å². The maximum Gasteiger partial charge on any atom is 0.211 e. The van der Waals surface area contributed by atoms with Crippen LogP contribution in [0.15, 0.2) is 61.1 Å². The Hall–Kier alpha value is -3.74. The van der Waals surface area contributed by atoms with E-state index in [1.54, 1.807) is 12.4 Å². The van der Waals surface area contributed by atoms with Crippen LogP contribution in [-0.4, -0.2) is 25.9 Å². The molecule has 7 nitrogen and oxygen atoms in total. The van der Waals surface area contributed by atoms with Crippen LogP contribution in [0.25, 0.3) is 22.4 Å². The molecule has 1 amide bonds. The Morgan fingerprint density at radius 3 is 2.69 bits per heavy atom. The maximum atomic E-state index is 10.7. The summed E-state index contributed by atoms with van der Waals surface area (Å²) in [5, 5.41) is 5.99. The van der Waals surface area contributed by atoms with Crippen molar-refractivity contribution >= 4 is 34.6 Å². The lowest BCUT2D eigenvalue weighted by molar-refractivity contribution is -0.105. The predicted octanol–water partition coefficient (Wildman–Crippen LogP) is 3.34. The summed E-state index contributed by atoms with van der Waals surface area (Å²) in [4.78, 5) is 24.1. The van der Waals surface area contributed by atoms with Crippen molar-refractivity contribution in [3.05, 3.63) is 61.1 Å². The number of benzene rings is 1. The van der Waals surface area contributed by atoms with E-state index >= 15 is 0 Å². The van der Waals surface area contributed by atoms with Crippen LogP contribution in [0.4, 0.5) is 17.2 Å². The molecule has 4 rings (SSSR count). The molecule has 3 aromatic heterocycles. The Kier molecular flexibility index (Phi) is 4.03. The summed E-state index contributed by atoms with van der Waals surface area (Å²) in [7, 11) is 1.96. The molecule has 0 saturated heterocycles. The van der Waals surface area contributed by atoms with Gasteiger partial charge in [-0.3, -0.25) is 9.78 Å². The van der Waals surface area contributed by atoms with E-state index < -0.39 is 0 Å². The van der Waals surface area contributed by atoms with Gasteiger partial charge in [-0.25, -0.2) is 9.97 Å². The summed E-state index contributed by atoms with van der Waals surface area (Å²) < 4.78 is 1.98. The molecule has 0 aliphatic carbocycles. The summed E-state index contributed by atoms with van der Waals surface area (Å²) in [5.41, 5.74) is 4.15. The lowest BCUT2D eigenvalue weighted by Crippen LogP contribution is -2.01. The molecule has 128 valence electrons. The number of carbonyl (C=O) groups is 1. The number of fused-ring (bicyclic) bond motifs is 1. The zero-order valence-corrected chi connectivity index (χ0v) is 14.0. The molecule has 0 bridgehead atoms. The molecular formula is C19H16N6O. The number of nitrogens with zero attached hydrogens (tertiary/aromatic N) is 4. The van der Waals surface area contributed by atoms with Gasteiger partial charge in [0, 0.05) is 42.6 Å². The van der Waals surface area contributed by atoms with E-state index in [4.69, 9.17) is 4.98 Å². The Balaban J connectivity index is 1.84. The molecule has 0 unspecified atom stereocenters. The van der Waals surface area contributed by atoms with Crippen LogP contribution in [0.3, 0.4) is 0 Å². The predicted molar refractivity (Wildman–Crippen MR) is 101 cm³/mol. The van der Waals surface area contributed by atoms with Gasteiger partial charge in [0.25, 0.3) is 0 Å².